The van der Waals surface area contributed by atoms with Gasteiger partial charge in [0.25, 0.3) is 11.8 Å². The van der Waals surface area contributed by atoms with Gasteiger partial charge in [0.1, 0.15) is 0 Å². The van der Waals surface area contributed by atoms with Gasteiger partial charge in [-0.2, -0.15) is 0 Å². The lowest BCUT2D eigenvalue weighted by Crippen LogP contribution is -2.46. The minimum atomic E-state index is -0.300. The molecule has 0 atom stereocenters. The zero-order chi connectivity index (χ0) is 25.7. The average Bonchev–Trinajstić information content (AvgIpc) is 3.31. The van der Waals surface area contributed by atoms with E-state index in [9.17, 15) is 14.4 Å². The fourth-order valence-electron chi connectivity index (χ4n) is 5.09. The summed E-state index contributed by atoms with van der Waals surface area (Å²) in [7, 11) is 0. The number of nitrogens with one attached hydrogen (secondary N) is 2. The Bertz CT molecular complexity index is 1110. The summed E-state index contributed by atoms with van der Waals surface area (Å²) in [5.41, 5.74) is 3.25. The molecule has 4 rings (SSSR count). The molecular formula is C29H38N4O3. The first-order valence-corrected chi connectivity index (χ1v) is 13.2. The highest BCUT2D eigenvalue weighted by Crippen LogP contribution is 2.25. The second-order valence-corrected chi connectivity index (χ2v) is 10.2. The van der Waals surface area contributed by atoms with Crippen LogP contribution in [0.4, 0.5) is 11.4 Å². The molecule has 2 N–H and O–H groups in total. The van der Waals surface area contributed by atoms with Gasteiger partial charge in [-0.05, 0) is 75.4 Å². The van der Waals surface area contributed by atoms with Gasteiger partial charge in [-0.1, -0.05) is 25.5 Å². The van der Waals surface area contributed by atoms with Crippen molar-refractivity contribution in [1.82, 2.24) is 10.2 Å². The Morgan fingerprint density at radius 2 is 1.81 bits per heavy atom. The second-order valence-electron chi connectivity index (χ2n) is 10.2. The van der Waals surface area contributed by atoms with Crippen LogP contribution in [-0.2, 0) is 11.2 Å². The first-order valence-electron chi connectivity index (χ1n) is 13.2. The van der Waals surface area contributed by atoms with Gasteiger partial charge in [0, 0.05) is 49.4 Å². The fraction of sp³-hybridized carbons (Fsp3) is 0.483. The summed E-state index contributed by atoms with van der Waals surface area (Å²) in [6, 6.07) is 13.4. The second kappa shape index (κ2) is 11.7. The van der Waals surface area contributed by atoms with Gasteiger partial charge < -0.3 is 20.4 Å². The lowest BCUT2D eigenvalue weighted by atomic mass is 10.0. The Morgan fingerprint density at radius 1 is 1.03 bits per heavy atom. The van der Waals surface area contributed by atoms with Gasteiger partial charge in [-0.3, -0.25) is 14.4 Å². The van der Waals surface area contributed by atoms with Gasteiger partial charge in [0.15, 0.2) is 0 Å². The van der Waals surface area contributed by atoms with Crippen LogP contribution in [0.2, 0.25) is 0 Å². The number of anilines is 2. The summed E-state index contributed by atoms with van der Waals surface area (Å²) in [6.45, 7) is 9.12. The molecule has 192 valence electrons. The van der Waals surface area contributed by atoms with Crippen molar-refractivity contribution in [3.63, 3.8) is 0 Å². The number of benzene rings is 2. The van der Waals surface area contributed by atoms with Crippen LogP contribution in [0, 0.1) is 0 Å². The van der Waals surface area contributed by atoms with Gasteiger partial charge >= 0.3 is 0 Å². The maximum Gasteiger partial charge on any atom is 0.255 e. The number of carbonyl (C=O) groups excluding carboxylic acids is 3. The van der Waals surface area contributed by atoms with E-state index in [4.69, 9.17) is 0 Å². The summed E-state index contributed by atoms with van der Waals surface area (Å²) < 4.78 is 0. The predicted octanol–water partition coefficient (Wildman–Crippen LogP) is 4.62. The summed E-state index contributed by atoms with van der Waals surface area (Å²) in [5, 5.41) is 6.16. The van der Waals surface area contributed by atoms with Gasteiger partial charge in [-0.15, -0.1) is 0 Å². The number of amides is 3. The molecule has 36 heavy (non-hydrogen) atoms. The Morgan fingerprint density at radius 3 is 2.47 bits per heavy atom. The van der Waals surface area contributed by atoms with E-state index < -0.39 is 0 Å². The van der Waals surface area contributed by atoms with Crippen molar-refractivity contribution in [3.8, 4) is 0 Å². The van der Waals surface area contributed by atoms with Gasteiger partial charge in [0.2, 0.25) is 5.91 Å². The third-order valence-electron chi connectivity index (χ3n) is 7.20. The highest BCUT2D eigenvalue weighted by atomic mass is 16.2. The zero-order valence-corrected chi connectivity index (χ0v) is 21.7. The molecule has 0 unspecified atom stereocenters. The number of hydrogen-bond acceptors (Lipinski definition) is 4. The Balaban J connectivity index is 1.50. The number of aryl methyl sites for hydroxylation is 1. The van der Waals surface area contributed by atoms with Crippen LogP contribution in [0.1, 0.15) is 79.2 Å². The number of nitrogens with zero attached hydrogens (tertiary/aromatic N) is 2. The standard InChI is InChI=1S/C29H38N4O3/c1-4-7-21-11-12-26(25(18-21)29(36)30-23-13-16-32(17-14-23)20(2)3)31-28(35)22-8-5-9-24(19-22)33-15-6-10-27(33)34/h5,8-9,11-12,18-20,23H,4,6-7,10,13-17H2,1-3H3,(H,30,36)(H,31,35). The minimum Gasteiger partial charge on any atom is -0.349 e. The molecule has 2 aliphatic heterocycles. The maximum absolute atomic E-state index is 13.4. The molecule has 2 aromatic rings. The number of piperidine rings is 1. The fourth-order valence-corrected chi connectivity index (χ4v) is 5.09. The average molecular weight is 491 g/mol. The number of carbonyl (C=O) groups is 3. The third kappa shape index (κ3) is 6.13. The molecule has 0 bridgehead atoms. The van der Waals surface area contributed by atoms with Crippen LogP contribution >= 0.6 is 0 Å². The number of rotatable bonds is 8. The zero-order valence-electron chi connectivity index (χ0n) is 21.7. The molecule has 2 aliphatic rings. The molecular weight excluding hydrogens is 452 g/mol. The van der Waals surface area contributed by atoms with Crippen molar-refractivity contribution in [3.05, 3.63) is 59.2 Å². The summed E-state index contributed by atoms with van der Waals surface area (Å²) in [6.07, 6.45) is 5.05. The van der Waals surface area contributed by atoms with E-state index in [2.05, 4.69) is 36.3 Å². The molecule has 2 heterocycles. The summed E-state index contributed by atoms with van der Waals surface area (Å²) in [5.74, 6) is -0.369. The summed E-state index contributed by atoms with van der Waals surface area (Å²) >= 11 is 0. The number of likely N-dealkylation sites (tertiary alicyclic amines) is 1. The molecule has 7 heteroatoms. The van der Waals surface area contributed by atoms with Crippen LogP contribution in [0.3, 0.4) is 0 Å². The molecule has 0 saturated carbocycles. The molecule has 0 aliphatic carbocycles. The quantitative estimate of drug-likeness (QED) is 0.566. The normalized spacial score (nSPS) is 17.0. The molecule has 0 radical (unpaired) electrons. The van der Waals surface area contributed by atoms with Crippen LogP contribution in [0.5, 0.6) is 0 Å². The minimum absolute atomic E-state index is 0.0808. The third-order valence-corrected chi connectivity index (χ3v) is 7.20. The predicted molar refractivity (Wildman–Crippen MR) is 144 cm³/mol. The van der Waals surface area contributed by atoms with Crippen molar-refractivity contribution < 1.29 is 14.4 Å². The number of hydrogen-bond donors (Lipinski definition) is 2. The van der Waals surface area contributed by atoms with Crippen molar-refractivity contribution in [2.24, 2.45) is 0 Å². The largest absolute Gasteiger partial charge is 0.349 e. The first kappa shape index (κ1) is 25.9. The van der Waals surface area contributed by atoms with Crippen molar-refractivity contribution >= 4 is 29.1 Å². The van der Waals surface area contributed by atoms with Gasteiger partial charge in [0.05, 0.1) is 11.3 Å². The monoisotopic (exact) mass is 490 g/mol. The van der Waals surface area contributed by atoms with Crippen molar-refractivity contribution in [2.45, 2.75) is 71.4 Å². The van der Waals surface area contributed by atoms with E-state index in [1.165, 1.54) is 0 Å². The summed E-state index contributed by atoms with van der Waals surface area (Å²) in [4.78, 5) is 42.9. The topological polar surface area (TPSA) is 81.8 Å². The van der Waals surface area contributed by atoms with Crippen molar-refractivity contribution in [2.75, 3.05) is 29.9 Å². The van der Waals surface area contributed by atoms with E-state index in [1.807, 2.05) is 24.3 Å². The lowest BCUT2D eigenvalue weighted by molar-refractivity contribution is -0.117. The molecule has 2 saturated heterocycles. The SMILES string of the molecule is CCCc1ccc(NC(=O)c2cccc(N3CCCC3=O)c2)c(C(=O)NC2CCN(C(C)C)CC2)c1. The smallest absolute Gasteiger partial charge is 0.255 e. The Kier molecular flexibility index (Phi) is 8.41. The highest BCUT2D eigenvalue weighted by Gasteiger charge is 2.25. The van der Waals surface area contributed by atoms with E-state index in [0.29, 0.717) is 35.8 Å². The maximum atomic E-state index is 13.4. The van der Waals surface area contributed by atoms with E-state index in [-0.39, 0.29) is 23.8 Å². The molecule has 0 aromatic heterocycles. The van der Waals surface area contributed by atoms with E-state index >= 15 is 0 Å². The molecule has 3 amide bonds. The first-order chi connectivity index (χ1) is 17.4. The Hall–Kier alpha value is -3.19. The molecule has 2 fully saturated rings. The van der Waals surface area contributed by atoms with Crippen LogP contribution in [0.25, 0.3) is 0 Å². The van der Waals surface area contributed by atoms with E-state index in [1.54, 1.807) is 23.1 Å². The lowest BCUT2D eigenvalue weighted by Gasteiger charge is -2.35. The van der Waals surface area contributed by atoms with Crippen LogP contribution in [-0.4, -0.2) is 54.3 Å². The Labute approximate surface area is 214 Å². The van der Waals surface area contributed by atoms with E-state index in [0.717, 1.165) is 56.4 Å². The highest BCUT2D eigenvalue weighted by molar-refractivity contribution is 6.09. The van der Waals surface area contributed by atoms with Crippen LogP contribution in [0.15, 0.2) is 42.5 Å². The molecule has 2 aromatic carbocycles. The van der Waals surface area contributed by atoms with Gasteiger partial charge in [-0.25, -0.2) is 0 Å². The molecule has 7 nitrogen and oxygen atoms in total. The molecule has 0 spiro atoms. The van der Waals surface area contributed by atoms with Crippen LogP contribution < -0.4 is 15.5 Å². The van der Waals surface area contributed by atoms with Crippen molar-refractivity contribution in [1.29, 1.82) is 0 Å².